The summed E-state index contributed by atoms with van der Waals surface area (Å²) >= 11 is 4.20. The molecule has 0 aliphatic heterocycles. The van der Waals surface area contributed by atoms with Crippen molar-refractivity contribution < 1.29 is 4.43 Å². The second-order valence-electron chi connectivity index (χ2n) is 4.46. The Morgan fingerprint density at radius 3 is 2.23 bits per heavy atom. The van der Waals surface area contributed by atoms with Gasteiger partial charge in [-0.05, 0) is 45.2 Å². The summed E-state index contributed by atoms with van der Waals surface area (Å²) in [7, 11) is -1.34. The molecular formula is C10H24OSSi. The van der Waals surface area contributed by atoms with E-state index in [-0.39, 0.29) is 0 Å². The molecule has 0 N–H and O–H groups in total. The third kappa shape index (κ3) is 8.85. The van der Waals surface area contributed by atoms with Crippen LogP contribution in [0.2, 0.25) is 19.1 Å². The Balaban J connectivity index is 3.50. The van der Waals surface area contributed by atoms with E-state index in [1.807, 2.05) is 0 Å². The molecule has 0 aromatic carbocycles. The van der Waals surface area contributed by atoms with Gasteiger partial charge in [-0.25, -0.2) is 0 Å². The second kappa shape index (κ2) is 6.90. The zero-order chi connectivity index (χ0) is 10.3. The van der Waals surface area contributed by atoms with Crippen LogP contribution in [0.5, 0.6) is 0 Å². The normalized spacial score (nSPS) is 12.5. The minimum Gasteiger partial charge on any atom is -0.415 e. The van der Waals surface area contributed by atoms with Gasteiger partial charge in [0, 0.05) is 6.10 Å². The van der Waals surface area contributed by atoms with Gasteiger partial charge in [-0.2, -0.15) is 12.6 Å². The Morgan fingerprint density at radius 2 is 1.77 bits per heavy atom. The van der Waals surface area contributed by atoms with Crippen molar-refractivity contribution in [1.82, 2.24) is 0 Å². The summed E-state index contributed by atoms with van der Waals surface area (Å²) in [5.74, 6) is 1.02. The highest BCUT2D eigenvalue weighted by Crippen LogP contribution is 2.17. The van der Waals surface area contributed by atoms with Crippen LogP contribution in [0.1, 0.15) is 33.1 Å². The van der Waals surface area contributed by atoms with Gasteiger partial charge in [-0.3, -0.25) is 0 Å². The van der Waals surface area contributed by atoms with E-state index < -0.39 is 8.32 Å². The number of rotatable bonds is 7. The van der Waals surface area contributed by atoms with Gasteiger partial charge in [-0.15, -0.1) is 0 Å². The van der Waals surface area contributed by atoms with E-state index in [1.54, 1.807) is 0 Å². The maximum Gasteiger partial charge on any atom is 0.187 e. The van der Waals surface area contributed by atoms with E-state index in [0.717, 1.165) is 5.75 Å². The van der Waals surface area contributed by atoms with Gasteiger partial charge in [0.05, 0.1) is 0 Å². The number of hydrogen-bond donors (Lipinski definition) is 1. The van der Waals surface area contributed by atoms with Crippen LogP contribution in [0, 0.1) is 0 Å². The molecule has 0 unspecified atom stereocenters. The van der Waals surface area contributed by atoms with Crippen LogP contribution in [0.15, 0.2) is 0 Å². The molecule has 0 amide bonds. The maximum absolute atomic E-state index is 5.94. The summed E-state index contributed by atoms with van der Waals surface area (Å²) in [6.07, 6.45) is 4.26. The Hall–Kier alpha value is 0.527. The minimum atomic E-state index is -1.34. The summed E-state index contributed by atoms with van der Waals surface area (Å²) in [6, 6.07) is 1.29. The summed E-state index contributed by atoms with van der Waals surface area (Å²) in [5, 5.41) is 0. The average molecular weight is 220 g/mol. The molecule has 1 nitrogen and oxygen atoms in total. The molecule has 0 saturated heterocycles. The van der Waals surface area contributed by atoms with E-state index in [4.69, 9.17) is 4.43 Å². The Bertz CT molecular complexity index is 126. The van der Waals surface area contributed by atoms with Crippen molar-refractivity contribution in [2.45, 2.75) is 58.4 Å². The molecule has 0 spiro atoms. The third-order valence-electron chi connectivity index (χ3n) is 1.99. The van der Waals surface area contributed by atoms with Crippen molar-refractivity contribution in [2.24, 2.45) is 0 Å². The zero-order valence-electron chi connectivity index (χ0n) is 9.47. The van der Waals surface area contributed by atoms with E-state index in [2.05, 4.69) is 39.6 Å². The molecule has 0 bridgehead atoms. The zero-order valence-corrected chi connectivity index (χ0v) is 11.4. The molecule has 0 fully saturated rings. The van der Waals surface area contributed by atoms with E-state index >= 15 is 0 Å². The number of thiol groups is 1. The quantitative estimate of drug-likeness (QED) is 0.391. The largest absolute Gasteiger partial charge is 0.415 e. The lowest BCUT2D eigenvalue weighted by Crippen LogP contribution is -2.33. The lowest BCUT2D eigenvalue weighted by molar-refractivity contribution is 0.230. The molecule has 0 aliphatic carbocycles. The van der Waals surface area contributed by atoms with Crippen LogP contribution in [0.25, 0.3) is 0 Å². The first-order valence-electron chi connectivity index (χ1n) is 5.26. The minimum absolute atomic E-state index is 0.395. The first kappa shape index (κ1) is 13.5. The summed E-state index contributed by atoms with van der Waals surface area (Å²) in [4.78, 5) is 0. The Morgan fingerprint density at radius 1 is 1.15 bits per heavy atom. The fraction of sp³-hybridized carbons (Fsp3) is 1.00. The first-order chi connectivity index (χ1) is 5.98. The topological polar surface area (TPSA) is 9.23 Å². The third-order valence-corrected chi connectivity index (χ3v) is 4.98. The molecule has 80 valence electrons. The monoisotopic (exact) mass is 220 g/mol. The smallest absolute Gasteiger partial charge is 0.187 e. The average Bonchev–Trinajstić information content (AvgIpc) is 1.95. The Labute approximate surface area is 89.8 Å². The molecule has 0 aromatic rings. The number of unbranched alkanes of at least 4 members (excludes halogenated alkanes) is 2. The molecule has 0 aliphatic rings. The molecule has 3 heteroatoms. The van der Waals surface area contributed by atoms with Gasteiger partial charge in [0.25, 0.3) is 0 Å². The lowest BCUT2D eigenvalue weighted by Gasteiger charge is -2.25. The highest BCUT2D eigenvalue weighted by Gasteiger charge is 2.22. The lowest BCUT2D eigenvalue weighted by atomic mass is 10.3. The first-order valence-corrected chi connectivity index (χ1v) is 9.01. The number of hydrogen-bond acceptors (Lipinski definition) is 2. The van der Waals surface area contributed by atoms with Crippen LogP contribution in [-0.2, 0) is 4.43 Å². The van der Waals surface area contributed by atoms with Crippen LogP contribution in [0.4, 0.5) is 0 Å². The molecule has 0 rings (SSSR count). The summed E-state index contributed by atoms with van der Waals surface area (Å²) in [5.41, 5.74) is 0. The van der Waals surface area contributed by atoms with Crippen molar-refractivity contribution >= 4 is 20.9 Å². The van der Waals surface area contributed by atoms with Crippen molar-refractivity contribution in [3.8, 4) is 0 Å². The highest BCUT2D eigenvalue weighted by atomic mass is 32.1. The fourth-order valence-electron chi connectivity index (χ4n) is 1.54. The van der Waals surface area contributed by atoms with Crippen molar-refractivity contribution in [1.29, 1.82) is 0 Å². The van der Waals surface area contributed by atoms with Crippen molar-refractivity contribution in [3.05, 3.63) is 0 Å². The summed E-state index contributed by atoms with van der Waals surface area (Å²) < 4.78 is 5.94. The molecule has 0 radical (unpaired) electrons. The molecule has 13 heavy (non-hydrogen) atoms. The summed E-state index contributed by atoms with van der Waals surface area (Å²) in [6.45, 7) is 8.88. The standard InChI is InChI=1S/C10H24OSSi/c1-10(2)11-13(3,4)9-7-5-6-8-12/h10,12H,5-9H2,1-4H3. The van der Waals surface area contributed by atoms with Crippen molar-refractivity contribution in [3.63, 3.8) is 0 Å². The van der Waals surface area contributed by atoms with Gasteiger partial charge in [0.2, 0.25) is 0 Å². The molecular weight excluding hydrogens is 196 g/mol. The molecule has 0 heterocycles. The molecule has 0 aromatic heterocycles. The SMILES string of the molecule is CC(C)O[Si](C)(C)CCCCCS. The predicted molar refractivity (Wildman–Crippen MR) is 66.2 cm³/mol. The second-order valence-corrected chi connectivity index (χ2v) is 9.16. The maximum atomic E-state index is 5.94. The van der Waals surface area contributed by atoms with E-state index in [9.17, 15) is 0 Å². The van der Waals surface area contributed by atoms with Gasteiger partial charge >= 0.3 is 0 Å². The van der Waals surface area contributed by atoms with Gasteiger partial charge in [0.1, 0.15) is 0 Å². The fourth-order valence-corrected chi connectivity index (χ4v) is 4.26. The van der Waals surface area contributed by atoms with Crippen molar-refractivity contribution in [2.75, 3.05) is 5.75 Å². The van der Waals surface area contributed by atoms with Gasteiger partial charge < -0.3 is 4.43 Å². The molecule has 0 atom stereocenters. The van der Waals surface area contributed by atoms with Gasteiger partial charge in [0.15, 0.2) is 8.32 Å². The van der Waals surface area contributed by atoms with Crippen LogP contribution < -0.4 is 0 Å². The molecule has 0 saturated carbocycles. The van der Waals surface area contributed by atoms with Gasteiger partial charge in [-0.1, -0.05) is 12.8 Å². The highest BCUT2D eigenvalue weighted by molar-refractivity contribution is 7.80. The van der Waals surface area contributed by atoms with E-state index in [1.165, 1.54) is 25.3 Å². The van der Waals surface area contributed by atoms with E-state index in [0.29, 0.717) is 6.10 Å². The predicted octanol–water partition coefficient (Wildman–Crippen LogP) is 3.72. The van der Waals surface area contributed by atoms with Crippen LogP contribution in [0.3, 0.4) is 0 Å². The van der Waals surface area contributed by atoms with Crippen LogP contribution >= 0.6 is 12.6 Å². The van der Waals surface area contributed by atoms with Crippen LogP contribution in [-0.4, -0.2) is 20.2 Å². The Kier molecular flexibility index (Phi) is 7.18.